The van der Waals surface area contributed by atoms with Crippen LogP contribution in [0.1, 0.15) is 21.5 Å². The fourth-order valence-electron chi connectivity index (χ4n) is 2.65. The fourth-order valence-corrected chi connectivity index (χ4v) is 3.53. The summed E-state index contributed by atoms with van der Waals surface area (Å²) in [5.74, 6) is 1.70. The van der Waals surface area contributed by atoms with Gasteiger partial charge in [0, 0.05) is 22.8 Å². The maximum Gasteiger partial charge on any atom is 0.251 e. The molecule has 3 nitrogen and oxygen atoms in total. The van der Waals surface area contributed by atoms with Crippen molar-refractivity contribution >= 4 is 17.7 Å². The average Bonchev–Trinajstić information content (AvgIpc) is 2.74. The number of rotatable bonds is 8. The van der Waals surface area contributed by atoms with Crippen molar-refractivity contribution in [3.8, 4) is 5.75 Å². The zero-order chi connectivity index (χ0) is 18.9. The first-order valence-corrected chi connectivity index (χ1v) is 9.91. The van der Waals surface area contributed by atoms with E-state index < -0.39 is 0 Å². The van der Waals surface area contributed by atoms with Crippen molar-refractivity contribution in [3.63, 3.8) is 0 Å². The van der Waals surface area contributed by atoms with E-state index in [1.165, 1.54) is 16.0 Å². The third-order valence-corrected chi connectivity index (χ3v) is 5.31. The summed E-state index contributed by atoms with van der Waals surface area (Å²) in [5.41, 5.74) is 3.07. The van der Waals surface area contributed by atoms with Gasteiger partial charge in [0.25, 0.3) is 5.91 Å². The van der Waals surface area contributed by atoms with Crippen molar-refractivity contribution < 1.29 is 9.53 Å². The number of nitrogens with one attached hydrogen (secondary N) is 1. The van der Waals surface area contributed by atoms with Crippen molar-refractivity contribution in [1.82, 2.24) is 5.32 Å². The van der Waals surface area contributed by atoms with Crippen LogP contribution in [0.25, 0.3) is 0 Å². The number of methoxy groups -OCH3 is 1. The Hall–Kier alpha value is -2.72. The van der Waals surface area contributed by atoms with Crippen LogP contribution in [0.15, 0.2) is 83.8 Å². The molecule has 27 heavy (non-hydrogen) atoms. The molecule has 1 N–H and O–H groups in total. The Balaban J connectivity index is 1.45. The minimum Gasteiger partial charge on any atom is -0.497 e. The molecule has 0 radical (unpaired) electrons. The second-order valence-electron chi connectivity index (χ2n) is 6.15. The first kappa shape index (κ1) is 19.1. The second-order valence-corrected chi connectivity index (χ2v) is 7.20. The molecule has 0 aromatic heterocycles. The van der Waals surface area contributed by atoms with Crippen molar-refractivity contribution in [1.29, 1.82) is 0 Å². The summed E-state index contributed by atoms with van der Waals surface area (Å²) >= 11 is 1.79. The molecule has 4 heteroatoms. The molecule has 0 saturated heterocycles. The van der Waals surface area contributed by atoms with Gasteiger partial charge < -0.3 is 10.1 Å². The van der Waals surface area contributed by atoms with Gasteiger partial charge in [0.1, 0.15) is 5.75 Å². The van der Waals surface area contributed by atoms with Gasteiger partial charge in [-0.15, -0.1) is 11.8 Å². The van der Waals surface area contributed by atoms with Crippen LogP contribution in [0, 0.1) is 0 Å². The maximum atomic E-state index is 12.3. The monoisotopic (exact) mass is 377 g/mol. The number of ether oxygens (including phenoxy) is 1. The minimum absolute atomic E-state index is 0.0363. The Labute approximate surface area is 164 Å². The molecule has 0 aliphatic heterocycles. The summed E-state index contributed by atoms with van der Waals surface area (Å²) in [7, 11) is 1.65. The van der Waals surface area contributed by atoms with E-state index in [0.717, 1.165) is 17.9 Å². The highest BCUT2D eigenvalue weighted by Crippen LogP contribution is 2.22. The molecule has 3 rings (SSSR count). The Morgan fingerprint density at radius 1 is 0.889 bits per heavy atom. The van der Waals surface area contributed by atoms with Crippen LogP contribution < -0.4 is 10.1 Å². The number of hydrogen-bond donors (Lipinski definition) is 1. The van der Waals surface area contributed by atoms with Crippen LogP contribution in [-0.2, 0) is 12.2 Å². The molecular formula is C23H23NO2S. The van der Waals surface area contributed by atoms with E-state index in [-0.39, 0.29) is 5.91 Å². The molecule has 0 bridgehead atoms. The zero-order valence-electron chi connectivity index (χ0n) is 15.4. The smallest absolute Gasteiger partial charge is 0.251 e. The Morgan fingerprint density at radius 3 is 2.22 bits per heavy atom. The normalized spacial score (nSPS) is 10.4. The number of carbonyl (C=O) groups is 1. The van der Waals surface area contributed by atoms with Crippen LogP contribution in [0.5, 0.6) is 5.75 Å². The molecule has 0 spiro atoms. The average molecular weight is 378 g/mol. The highest BCUT2D eigenvalue weighted by Gasteiger charge is 2.05. The quantitative estimate of drug-likeness (QED) is 0.564. The standard InChI is InChI=1S/C23H23NO2S/c1-26-21-13-9-18(10-14-21)15-16-24-23(25)20-11-7-19(8-12-20)17-27-22-5-3-2-4-6-22/h2-14H,15-17H2,1H3,(H,24,25). The number of thioether (sulfide) groups is 1. The summed E-state index contributed by atoms with van der Waals surface area (Å²) in [6.45, 7) is 0.608. The number of hydrogen-bond acceptors (Lipinski definition) is 3. The van der Waals surface area contributed by atoms with Gasteiger partial charge in [-0.3, -0.25) is 4.79 Å². The largest absolute Gasteiger partial charge is 0.497 e. The van der Waals surface area contributed by atoms with Crippen LogP contribution in [0.3, 0.4) is 0 Å². The van der Waals surface area contributed by atoms with E-state index in [1.807, 2.05) is 66.7 Å². The predicted octanol–water partition coefficient (Wildman–Crippen LogP) is 4.96. The summed E-state index contributed by atoms with van der Waals surface area (Å²) < 4.78 is 5.15. The minimum atomic E-state index is -0.0363. The molecule has 0 unspecified atom stereocenters. The number of amides is 1. The van der Waals surface area contributed by atoms with E-state index in [0.29, 0.717) is 12.1 Å². The van der Waals surface area contributed by atoms with Crippen LogP contribution in [0.2, 0.25) is 0 Å². The lowest BCUT2D eigenvalue weighted by Crippen LogP contribution is -2.25. The van der Waals surface area contributed by atoms with Crippen LogP contribution in [0.4, 0.5) is 0 Å². The first-order valence-electron chi connectivity index (χ1n) is 8.92. The Bertz CT molecular complexity index is 846. The van der Waals surface area contributed by atoms with Crippen molar-refractivity contribution in [2.45, 2.75) is 17.1 Å². The summed E-state index contributed by atoms with van der Waals surface area (Å²) in [6, 6.07) is 26.1. The van der Waals surface area contributed by atoms with Crippen LogP contribution >= 0.6 is 11.8 Å². The van der Waals surface area contributed by atoms with Gasteiger partial charge in [0.05, 0.1) is 7.11 Å². The van der Waals surface area contributed by atoms with Gasteiger partial charge in [0.2, 0.25) is 0 Å². The molecule has 1 amide bonds. The van der Waals surface area contributed by atoms with E-state index in [4.69, 9.17) is 4.74 Å². The molecule has 0 aliphatic rings. The van der Waals surface area contributed by atoms with Gasteiger partial charge in [-0.2, -0.15) is 0 Å². The summed E-state index contributed by atoms with van der Waals surface area (Å²) in [4.78, 5) is 13.5. The second kappa shape index (κ2) is 9.83. The van der Waals surface area contributed by atoms with Crippen LogP contribution in [-0.4, -0.2) is 19.6 Å². The molecule has 3 aromatic rings. The van der Waals surface area contributed by atoms with E-state index in [9.17, 15) is 4.79 Å². The molecule has 0 fully saturated rings. The molecule has 0 saturated carbocycles. The molecule has 0 heterocycles. The molecular weight excluding hydrogens is 354 g/mol. The summed E-state index contributed by atoms with van der Waals surface area (Å²) in [6.07, 6.45) is 0.793. The molecule has 0 atom stereocenters. The Kier molecular flexibility index (Phi) is 6.94. The number of benzene rings is 3. The lowest BCUT2D eigenvalue weighted by molar-refractivity contribution is 0.0954. The fraction of sp³-hybridized carbons (Fsp3) is 0.174. The lowest BCUT2D eigenvalue weighted by Gasteiger charge is -2.07. The molecule has 3 aromatic carbocycles. The van der Waals surface area contributed by atoms with Gasteiger partial charge in [-0.05, 0) is 53.9 Å². The first-order chi connectivity index (χ1) is 13.2. The van der Waals surface area contributed by atoms with Gasteiger partial charge in [-0.25, -0.2) is 0 Å². The lowest BCUT2D eigenvalue weighted by atomic mass is 10.1. The highest BCUT2D eigenvalue weighted by molar-refractivity contribution is 7.98. The van der Waals surface area contributed by atoms with Gasteiger partial charge in [-0.1, -0.05) is 42.5 Å². The van der Waals surface area contributed by atoms with Gasteiger partial charge >= 0.3 is 0 Å². The topological polar surface area (TPSA) is 38.3 Å². The van der Waals surface area contributed by atoms with Gasteiger partial charge in [0.15, 0.2) is 0 Å². The third kappa shape index (κ3) is 5.90. The SMILES string of the molecule is COc1ccc(CCNC(=O)c2ccc(CSc3ccccc3)cc2)cc1. The Morgan fingerprint density at radius 2 is 1.56 bits per heavy atom. The van der Waals surface area contributed by atoms with E-state index in [1.54, 1.807) is 18.9 Å². The highest BCUT2D eigenvalue weighted by atomic mass is 32.2. The number of carbonyl (C=O) groups excluding carboxylic acids is 1. The molecule has 138 valence electrons. The van der Waals surface area contributed by atoms with E-state index >= 15 is 0 Å². The zero-order valence-corrected chi connectivity index (χ0v) is 16.2. The maximum absolute atomic E-state index is 12.3. The van der Waals surface area contributed by atoms with E-state index in [2.05, 4.69) is 17.4 Å². The van der Waals surface area contributed by atoms with Crippen molar-refractivity contribution in [3.05, 3.63) is 95.6 Å². The predicted molar refractivity (Wildman–Crippen MR) is 111 cm³/mol. The summed E-state index contributed by atoms with van der Waals surface area (Å²) in [5, 5.41) is 2.98. The third-order valence-electron chi connectivity index (χ3n) is 4.22. The van der Waals surface area contributed by atoms with Crippen molar-refractivity contribution in [2.24, 2.45) is 0 Å². The van der Waals surface area contributed by atoms with Crippen molar-refractivity contribution in [2.75, 3.05) is 13.7 Å². The molecule has 0 aliphatic carbocycles.